The highest BCUT2D eigenvalue weighted by Gasteiger charge is 2.11. The molecule has 0 spiro atoms. The van der Waals surface area contributed by atoms with Gasteiger partial charge in [-0.3, -0.25) is 4.79 Å². The first kappa shape index (κ1) is 23.2. The lowest BCUT2D eigenvalue weighted by Crippen LogP contribution is -2.22. The van der Waals surface area contributed by atoms with Gasteiger partial charge >= 0.3 is 0 Å². The summed E-state index contributed by atoms with van der Waals surface area (Å²) in [6.45, 7) is 5.08. The third-order valence-electron chi connectivity index (χ3n) is 5.45. The summed E-state index contributed by atoms with van der Waals surface area (Å²) >= 11 is 7.43. The van der Waals surface area contributed by atoms with Crippen LogP contribution in [-0.2, 0) is 0 Å². The molecule has 0 saturated carbocycles. The fourth-order valence-electron chi connectivity index (χ4n) is 3.78. The Morgan fingerprint density at radius 2 is 1.83 bits per heavy atom. The molecule has 35 heavy (non-hydrogen) atoms. The van der Waals surface area contributed by atoms with Crippen LogP contribution < -0.4 is 24.3 Å². The van der Waals surface area contributed by atoms with Crippen LogP contribution in [0.5, 0.6) is 17.2 Å². The molecular weight excluding hydrogens is 484 g/mol. The highest BCUT2D eigenvalue weighted by Crippen LogP contribution is 2.29. The number of hydrogen-bond acceptors (Lipinski definition) is 6. The molecule has 5 aromatic rings. The smallest absolute Gasteiger partial charge is 0.274 e. The molecule has 3 aromatic carbocycles. The van der Waals surface area contributed by atoms with Gasteiger partial charge in [-0.25, -0.2) is 9.38 Å². The fraction of sp³-hybridized carbons (Fsp3) is 0.185. The van der Waals surface area contributed by atoms with Gasteiger partial charge < -0.3 is 14.2 Å². The van der Waals surface area contributed by atoms with E-state index in [1.165, 1.54) is 11.3 Å². The van der Waals surface area contributed by atoms with Gasteiger partial charge in [-0.05, 0) is 73.5 Å². The van der Waals surface area contributed by atoms with Gasteiger partial charge in [0.15, 0.2) is 16.5 Å². The highest BCUT2D eigenvalue weighted by molar-refractivity contribution is 7.15. The van der Waals surface area contributed by atoms with Crippen molar-refractivity contribution in [3.63, 3.8) is 0 Å². The zero-order valence-electron chi connectivity index (χ0n) is 19.3. The summed E-state index contributed by atoms with van der Waals surface area (Å²) in [6.07, 6.45) is 1.86. The summed E-state index contributed by atoms with van der Waals surface area (Å²) in [5, 5.41) is 0.709. The normalized spacial score (nSPS) is 11.9. The molecule has 0 aliphatic rings. The van der Waals surface area contributed by atoms with Crippen LogP contribution in [0.4, 0.5) is 0 Å². The predicted molar refractivity (Wildman–Crippen MR) is 140 cm³/mol. The van der Waals surface area contributed by atoms with Gasteiger partial charge in [0.25, 0.3) is 5.56 Å². The van der Waals surface area contributed by atoms with Crippen LogP contribution in [-0.4, -0.2) is 29.2 Å². The molecular formula is C27H23ClN2O4S. The van der Waals surface area contributed by atoms with Gasteiger partial charge in [-0.2, -0.15) is 0 Å². The number of para-hydroxylation sites is 2. The predicted octanol–water partition coefficient (Wildman–Crippen LogP) is 5.28. The van der Waals surface area contributed by atoms with E-state index in [1.54, 1.807) is 4.40 Å². The molecule has 2 aromatic heterocycles. The third-order valence-corrected chi connectivity index (χ3v) is 6.84. The third kappa shape index (κ3) is 4.83. The zero-order chi connectivity index (χ0) is 24.4. The standard InChI is InChI=1S/C27H23ClN2O4S/c1-3-32-24-15-18(8-11-23(24)34-13-12-33-19-9-10-20(28)17(2)14-19)16-25-26(31)30-22-7-5-4-6-21(22)29-27(30)35-25/h4-11,14-16H,3,12-13H2,1-2H3/b25-16+. The zero-order valence-corrected chi connectivity index (χ0v) is 20.9. The van der Waals surface area contributed by atoms with Crippen molar-refractivity contribution in [1.29, 1.82) is 0 Å². The first-order valence-electron chi connectivity index (χ1n) is 11.2. The Morgan fingerprint density at radius 3 is 2.66 bits per heavy atom. The van der Waals surface area contributed by atoms with E-state index in [1.807, 2.05) is 80.6 Å². The van der Waals surface area contributed by atoms with E-state index in [0.717, 1.165) is 27.9 Å². The molecule has 0 fully saturated rings. The lowest BCUT2D eigenvalue weighted by Gasteiger charge is -2.13. The minimum absolute atomic E-state index is 0.0772. The Hall–Kier alpha value is -3.55. The van der Waals surface area contributed by atoms with E-state index in [0.29, 0.717) is 45.8 Å². The molecule has 8 heteroatoms. The Kier molecular flexibility index (Phi) is 6.61. The number of halogens is 1. The number of fused-ring (bicyclic) bond motifs is 3. The summed E-state index contributed by atoms with van der Waals surface area (Å²) in [4.78, 5) is 18.3. The summed E-state index contributed by atoms with van der Waals surface area (Å²) in [5.74, 6) is 1.98. The maximum absolute atomic E-state index is 13.0. The number of hydrogen-bond donors (Lipinski definition) is 0. The summed E-state index contributed by atoms with van der Waals surface area (Å²) < 4.78 is 19.7. The van der Waals surface area contributed by atoms with Gasteiger partial charge in [-0.1, -0.05) is 41.1 Å². The van der Waals surface area contributed by atoms with Gasteiger partial charge in [0, 0.05) is 5.02 Å². The van der Waals surface area contributed by atoms with Crippen molar-refractivity contribution in [3.8, 4) is 17.2 Å². The number of imidazole rings is 1. The molecule has 0 aliphatic heterocycles. The van der Waals surface area contributed by atoms with Gasteiger partial charge in [-0.15, -0.1) is 0 Å². The van der Waals surface area contributed by atoms with Gasteiger partial charge in [0.05, 0.1) is 22.2 Å². The van der Waals surface area contributed by atoms with E-state index >= 15 is 0 Å². The second-order valence-corrected chi connectivity index (χ2v) is 9.30. The van der Waals surface area contributed by atoms with Gasteiger partial charge in [0.1, 0.15) is 19.0 Å². The van der Waals surface area contributed by atoms with E-state index in [4.69, 9.17) is 25.8 Å². The summed E-state index contributed by atoms with van der Waals surface area (Å²) in [5.41, 5.74) is 3.37. The van der Waals surface area contributed by atoms with Crippen LogP contribution in [0, 0.1) is 6.92 Å². The van der Waals surface area contributed by atoms with Crippen molar-refractivity contribution in [2.24, 2.45) is 0 Å². The molecule has 5 rings (SSSR count). The topological polar surface area (TPSA) is 62.1 Å². The quantitative estimate of drug-likeness (QED) is 0.268. The first-order chi connectivity index (χ1) is 17.0. The Bertz CT molecular complexity index is 1630. The molecule has 0 radical (unpaired) electrons. The van der Waals surface area contributed by atoms with Crippen LogP contribution >= 0.6 is 22.9 Å². The van der Waals surface area contributed by atoms with Crippen molar-refractivity contribution in [2.45, 2.75) is 13.8 Å². The number of aromatic nitrogens is 2. The number of aryl methyl sites for hydroxylation is 1. The van der Waals surface area contributed by atoms with Crippen molar-refractivity contribution in [1.82, 2.24) is 9.38 Å². The van der Waals surface area contributed by atoms with Crippen LogP contribution in [0.25, 0.3) is 22.1 Å². The SMILES string of the molecule is CCOc1cc(/C=c2/sc3nc4ccccc4n3c2=O)ccc1OCCOc1ccc(Cl)c(C)c1. The number of thiazole rings is 1. The molecule has 2 heterocycles. The Balaban J connectivity index is 1.34. The second kappa shape index (κ2) is 9.98. The molecule has 0 aliphatic carbocycles. The minimum Gasteiger partial charge on any atom is -0.490 e. The molecule has 0 amide bonds. The first-order valence-corrected chi connectivity index (χ1v) is 12.4. The molecule has 0 N–H and O–H groups in total. The van der Waals surface area contributed by atoms with Crippen molar-refractivity contribution in [3.05, 3.63) is 91.7 Å². The summed E-state index contributed by atoms with van der Waals surface area (Å²) in [6, 6.07) is 18.8. The molecule has 0 atom stereocenters. The van der Waals surface area contributed by atoms with E-state index in [9.17, 15) is 4.79 Å². The number of ether oxygens (including phenoxy) is 3. The lowest BCUT2D eigenvalue weighted by atomic mass is 10.2. The van der Waals surface area contributed by atoms with E-state index in [2.05, 4.69) is 4.98 Å². The summed E-state index contributed by atoms with van der Waals surface area (Å²) in [7, 11) is 0. The van der Waals surface area contributed by atoms with Gasteiger partial charge in [0.2, 0.25) is 0 Å². The molecule has 0 bridgehead atoms. The second-order valence-electron chi connectivity index (χ2n) is 7.88. The monoisotopic (exact) mass is 506 g/mol. The maximum atomic E-state index is 13.0. The number of benzene rings is 3. The Morgan fingerprint density at radius 1 is 1.00 bits per heavy atom. The van der Waals surface area contributed by atoms with Crippen molar-refractivity contribution < 1.29 is 14.2 Å². The average Bonchev–Trinajstić information content (AvgIpc) is 3.36. The molecule has 0 saturated heterocycles. The lowest BCUT2D eigenvalue weighted by molar-refractivity contribution is 0.208. The van der Waals surface area contributed by atoms with Crippen molar-refractivity contribution in [2.75, 3.05) is 19.8 Å². The van der Waals surface area contributed by atoms with Crippen LogP contribution in [0.3, 0.4) is 0 Å². The average molecular weight is 507 g/mol. The minimum atomic E-state index is -0.0772. The Labute approximate surface area is 211 Å². The number of nitrogens with zero attached hydrogens (tertiary/aromatic N) is 2. The van der Waals surface area contributed by atoms with E-state index in [-0.39, 0.29) is 5.56 Å². The van der Waals surface area contributed by atoms with Crippen LogP contribution in [0.15, 0.2) is 65.5 Å². The molecule has 178 valence electrons. The molecule has 0 unspecified atom stereocenters. The fourth-order valence-corrected chi connectivity index (χ4v) is 4.89. The number of rotatable bonds is 8. The largest absolute Gasteiger partial charge is 0.490 e. The maximum Gasteiger partial charge on any atom is 0.274 e. The highest BCUT2D eigenvalue weighted by atomic mass is 35.5. The van der Waals surface area contributed by atoms with E-state index < -0.39 is 0 Å². The van der Waals surface area contributed by atoms with Crippen molar-refractivity contribution >= 4 is 45.0 Å². The van der Waals surface area contributed by atoms with Crippen LogP contribution in [0.2, 0.25) is 5.02 Å². The van der Waals surface area contributed by atoms with Crippen LogP contribution in [0.1, 0.15) is 18.1 Å². The molecule has 6 nitrogen and oxygen atoms in total.